The van der Waals surface area contributed by atoms with Crippen molar-refractivity contribution in [3.63, 3.8) is 0 Å². The molecule has 0 aromatic heterocycles. The van der Waals surface area contributed by atoms with Gasteiger partial charge in [-0.2, -0.15) is 0 Å². The minimum atomic E-state index is -0.404. The summed E-state index contributed by atoms with van der Waals surface area (Å²) in [6.45, 7) is 6.43. The van der Waals surface area contributed by atoms with Gasteiger partial charge in [0.1, 0.15) is 5.78 Å². The van der Waals surface area contributed by atoms with Crippen LogP contribution in [0.4, 0.5) is 0 Å². The van der Waals surface area contributed by atoms with Gasteiger partial charge in [0, 0.05) is 5.92 Å². The molecule has 0 bridgehead atoms. The van der Waals surface area contributed by atoms with E-state index in [0.717, 1.165) is 44.9 Å². The Morgan fingerprint density at radius 1 is 1.08 bits per heavy atom. The van der Waals surface area contributed by atoms with Gasteiger partial charge in [-0.1, -0.05) is 25.5 Å². The molecule has 4 aliphatic rings. The number of hydrogen-bond donors (Lipinski definition) is 2. The smallest absolute Gasteiger partial charge is 0.133 e. The molecule has 3 fully saturated rings. The molecule has 8 atom stereocenters. The molecular weight excluding hydrogens is 300 g/mol. The molecule has 3 heteroatoms. The van der Waals surface area contributed by atoms with Crippen molar-refractivity contribution >= 4 is 5.78 Å². The van der Waals surface area contributed by atoms with Crippen LogP contribution in [0.1, 0.15) is 65.7 Å². The normalized spacial score (nSPS) is 53.6. The van der Waals surface area contributed by atoms with E-state index >= 15 is 0 Å². The number of rotatable bonds is 1. The molecule has 4 aliphatic carbocycles. The lowest BCUT2D eigenvalue weighted by Crippen LogP contribution is -2.55. The Balaban J connectivity index is 1.71. The maximum Gasteiger partial charge on any atom is 0.133 e. The molecule has 134 valence electrons. The van der Waals surface area contributed by atoms with Gasteiger partial charge in [-0.25, -0.2) is 0 Å². The third kappa shape index (κ3) is 2.13. The quantitative estimate of drug-likeness (QED) is 0.723. The van der Waals surface area contributed by atoms with Crippen LogP contribution in [0, 0.1) is 34.5 Å². The third-order valence-electron chi connectivity index (χ3n) is 8.59. The van der Waals surface area contributed by atoms with Crippen LogP contribution < -0.4 is 0 Å². The van der Waals surface area contributed by atoms with Crippen LogP contribution in [0.25, 0.3) is 0 Å². The maximum absolute atomic E-state index is 12.2. The summed E-state index contributed by atoms with van der Waals surface area (Å²) >= 11 is 0. The lowest BCUT2D eigenvalue weighted by Gasteiger charge is -2.59. The zero-order valence-corrected chi connectivity index (χ0v) is 15.3. The first-order valence-corrected chi connectivity index (χ1v) is 9.85. The van der Waals surface area contributed by atoms with Gasteiger partial charge in [0.2, 0.25) is 0 Å². The molecule has 2 N–H and O–H groups in total. The fourth-order valence-corrected chi connectivity index (χ4v) is 7.30. The summed E-state index contributed by atoms with van der Waals surface area (Å²) in [5.74, 6) is 1.77. The van der Waals surface area contributed by atoms with Crippen LogP contribution in [0.2, 0.25) is 0 Å². The molecule has 0 aromatic carbocycles. The van der Waals surface area contributed by atoms with Gasteiger partial charge in [0.05, 0.1) is 12.2 Å². The lowest BCUT2D eigenvalue weighted by atomic mass is 9.46. The van der Waals surface area contributed by atoms with Crippen LogP contribution in [-0.2, 0) is 4.79 Å². The predicted octanol–water partition coefficient (Wildman–Crippen LogP) is 3.49. The summed E-state index contributed by atoms with van der Waals surface area (Å²) in [6.07, 6.45) is 8.39. The van der Waals surface area contributed by atoms with E-state index < -0.39 is 6.10 Å². The van der Waals surface area contributed by atoms with Gasteiger partial charge in [-0.05, 0) is 80.5 Å². The second-order valence-corrected chi connectivity index (χ2v) is 9.57. The topological polar surface area (TPSA) is 57.5 Å². The molecule has 0 radical (unpaired) electrons. The fraction of sp³-hybridized carbons (Fsp3) is 0.857. The van der Waals surface area contributed by atoms with Crippen LogP contribution in [0.15, 0.2) is 11.6 Å². The van der Waals surface area contributed by atoms with Gasteiger partial charge in [0.15, 0.2) is 0 Å². The summed E-state index contributed by atoms with van der Waals surface area (Å²) in [5.41, 5.74) is 1.50. The Morgan fingerprint density at radius 2 is 1.83 bits per heavy atom. The molecule has 0 aromatic rings. The first-order chi connectivity index (χ1) is 11.3. The number of hydrogen-bond acceptors (Lipinski definition) is 3. The number of fused-ring (bicyclic) bond motifs is 5. The highest BCUT2D eigenvalue weighted by Crippen LogP contribution is 2.66. The van der Waals surface area contributed by atoms with E-state index in [1.54, 1.807) is 6.92 Å². The maximum atomic E-state index is 12.2. The van der Waals surface area contributed by atoms with Gasteiger partial charge in [0.25, 0.3) is 0 Å². The van der Waals surface area contributed by atoms with Gasteiger partial charge < -0.3 is 10.2 Å². The minimum absolute atomic E-state index is 0.0733. The van der Waals surface area contributed by atoms with Crippen molar-refractivity contribution in [1.82, 2.24) is 0 Å². The molecule has 3 saturated carbocycles. The van der Waals surface area contributed by atoms with Crippen molar-refractivity contribution in [2.75, 3.05) is 0 Å². The molecule has 0 aliphatic heterocycles. The number of carbonyl (C=O) groups is 1. The number of aliphatic hydroxyl groups excluding tert-OH is 2. The van der Waals surface area contributed by atoms with Crippen molar-refractivity contribution in [2.45, 2.75) is 77.9 Å². The highest BCUT2D eigenvalue weighted by atomic mass is 16.3. The van der Waals surface area contributed by atoms with E-state index in [0.29, 0.717) is 17.6 Å². The molecule has 0 unspecified atom stereocenters. The number of Topliss-reactive ketones (excluding diaryl/α,β-unsaturated/α-hetero) is 1. The largest absolute Gasteiger partial charge is 0.393 e. The van der Waals surface area contributed by atoms with Gasteiger partial charge in [-0.3, -0.25) is 4.79 Å². The number of carbonyl (C=O) groups excluding carboxylic acids is 1. The molecule has 0 amide bonds. The SMILES string of the molecule is CC(=O)[C@H]1CC[C@@H]2[C@@H]3[C@@H](CC[C@]12C)[C@@]1(C)CC[C@H](O)CC1=C[C@@H]3O. The third-order valence-corrected chi connectivity index (χ3v) is 8.59. The van der Waals surface area contributed by atoms with E-state index in [1.165, 1.54) is 5.57 Å². The van der Waals surface area contributed by atoms with Crippen molar-refractivity contribution in [3.05, 3.63) is 11.6 Å². The summed E-state index contributed by atoms with van der Waals surface area (Å²) in [4.78, 5) is 12.2. The lowest BCUT2D eigenvalue weighted by molar-refractivity contribution is -0.130. The molecule has 4 rings (SSSR count). The molecule has 0 saturated heterocycles. The van der Waals surface area contributed by atoms with Crippen molar-refractivity contribution < 1.29 is 15.0 Å². The molecular formula is C21H32O3. The second-order valence-electron chi connectivity index (χ2n) is 9.57. The fourth-order valence-electron chi connectivity index (χ4n) is 7.30. The Bertz CT molecular complexity index is 582. The second kappa shape index (κ2) is 5.41. The summed E-state index contributed by atoms with van der Waals surface area (Å²) in [6, 6.07) is 0. The zero-order chi connectivity index (χ0) is 17.3. The van der Waals surface area contributed by atoms with Crippen LogP contribution in [0.5, 0.6) is 0 Å². The number of aliphatic hydroxyl groups is 2. The highest BCUT2D eigenvalue weighted by molar-refractivity contribution is 5.79. The average Bonchev–Trinajstić information content (AvgIpc) is 2.86. The molecule has 0 spiro atoms. The van der Waals surface area contributed by atoms with Crippen LogP contribution >= 0.6 is 0 Å². The van der Waals surface area contributed by atoms with Crippen LogP contribution in [0.3, 0.4) is 0 Å². The summed E-state index contributed by atoms with van der Waals surface area (Å²) < 4.78 is 0. The average molecular weight is 332 g/mol. The molecule has 3 nitrogen and oxygen atoms in total. The Kier molecular flexibility index (Phi) is 3.78. The molecule has 0 heterocycles. The number of ketones is 1. The van der Waals surface area contributed by atoms with E-state index in [4.69, 9.17) is 0 Å². The summed E-state index contributed by atoms with van der Waals surface area (Å²) in [5, 5.41) is 21.1. The van der Waals surface area contributed by atoms with Gasteiger partial charge >= 0.3 is 0 Å². The first-order valence-electron chi connectivity index (χ1n) is 9.85. The van der Waals surface area contributed by atoms with Gasteiger partial charge in [-0.15, -0.1) is 0 Å². The van der Waals surface area contributed by atoms with E-state index in [-0.39, 0.29) is 28.8 Å². The first kappa shape index (κ1) is 16.8. The van der Waals surface area contributed by atoms with Crippen LogP contribution in [-0.4, -0.2) is 28.2 Å². The standard InChI is InChI=1S/C21H32O3/c1-12(22)15-4-5-16-19-17(7-9-21(15,16)3)20(2)8-6-14(23)10-13(20)11-18(19)24/h11,14-19,23-24H,4-10H2,1-3H3/t14-,15+,16+,17+,18-,19+,20-,21+/m0/s1. The zero-order valence-electron chi connectivity index (χ0n) is 15.3. The Labute approximate surface area is 145 Å². The van der Waals surface area contributed by atoms with E-state index in [1.807, 2.05) is 0 Å². The predicted molar refractivity (Wildman–Crippen MR) is 93.3 cm³/mol. The highest BCUT2D eigenvalue weighted by Gasteiger charge is 2.61. The minimum Gasteiger partial charge on any atom is -0.393 e. The van der Waals surface area contributed by atoms with E-state index in [2.05, 4.69) is 19.9 Å². The Morgan fingerprint density at radius 3 is 2.54 bits per heavy atom. The van der Waals surface area contributed by atoms with Crippen molar-refractivity contribution in [2.24, 2.45) is 34.5 Å². The monoisotopic (exact) mass is 332 g/mol. The van der Waals surface area contributed by atoms with Crippen molar-refractivity contribution in [3.8, 4) is 0 Å². The Hall–Kier alpha value is -0.670. The summed E-state index contributed by atoms with van der Waals surface area (Å²) in [7, 11) is 0. The van der Waals surface area contributed by atoms with Crippen molar-refractivity contribution in [1.29, 1.82) is 0 Å². The molecule has 24 heavy (non-hydrogen) atoms. The van der Waals surface area contributed by atoms with E-state index in [9.17, 15) is 15.0 Å².